The Morgan fingerprint density at radius 1 is 1.00 bits per heavy atom. The predicted octanol–water partition coefficient (Wildman–Crippen LogP) is 6.90. The Hall–Kier alpha value is -3.76. The van der Waals surface area contributed by atoms with E-state index in [2.05, 4.69) is 5.32 Å². The quantitative estimate of drug-likeness (QED) is 0.187. The number of nitrogens with zero attached hydrogens (tertiary/aromatic N) is 1. The molecule has 11 heteroatoms. The van der Waals surface area contributed by atoms with Crippen molar-refractivity contribution in [2.75, 3.05) is 33.4 Å². The molecule has 0 spiro atoms. The van der Waals surface area contributed by atoms with Crippen LogP contribution < -0.4 is 19.5 Å². The van der Waals surface area contributed by atoms with Gasteiger partial charge in [-0.05, 0) is 85.5 Å². The average molecular weight is 619 g/mol. The molecular formula is C32H31ClF4N2O4. The summed E-state index contributed by atoms with van der Waals surface area (Å²) in [5.41, 5.74) is 2.06. The van der Waals surface area contributed by atoms with Crippen molar-refractivity contribution in [3.63, 3.8) is 0 Å². The molecule has 228 valence electrons. The molecule has 0 radical (unpaired) electrons. The van der Waals surface area contributed by atoms with Crippen molar-refractivity contribution in [2.45, 2.75) is 38.0 Å². The number of alkyl halides is 3. The average Bonchev–Trinajstić information content (AvgIpc) is 3.84. The molecule has 1 aliphatic carbocycles. The van der Waals surface area contributed by atoms with E-state index in [-0.39, 0.29) is 48.3 Å². The minimum absolute atomic E-state index is 0.0734. The van der Waals surface area contributed by atoms with Gasteiger partial charge < -0.3 is 24.4 Å². The van der Waals surface area contributed by atoms with Crippen molar-refractivity contribution < 1.29 is 36.6 Å². The Bertz CT molecular complexity index is 1490. The van der Waals surface area contributed by atoms with Crippen LogP contribution in [0, 0.1) is 5.82 Å². The highest BCUT2D eigenvalue weighted by molar-refractivity contribution is 6.32. The van der Waals surface area contributed by atoms with Crippen LogP contribution in [-0.4, -0.2) is 50.3 Å². The number of hydrogen-bond acceptors (Lipinski definition) is 5. The Balaban J connectivity index is 1.24. The van der Waals surface area contributed by atoms with Crippen molar-refractivity contribution in [1.82, 2.24) is 10.2 Å². The van der Waals surface area contributed by atoms with E-state index in [1.165, 1.54) is 19.2 Å². The van der Waals surface area contributed by atoms with E-state index in [4.69, 9.17) is 25.8 Å². The molecule has 0 aromatic heterocycles. The number of amides is 1. The molecule has 2 aliphatic rings. The summed E-state index contributed by atoms with van der Waals surface area (Å²) < 4.78 is 69.6. The minimum Gasteiger partial charge on any atom is -0.497 e. The van der Waals surface area contributed by atoms with Gasteiger partial charge in [-0.15, -0.1) is 0 Å². The van der Waals surface area contributed by atoms with Crippen LogP contribution in [0.1, 0.15) is 36.0 Å². The molecule has 1 fully saturated rings. The minimum atomic E-state index is -4.48. The molecule has 0 atom stereocenters. The maximum Gasteiger partial charge on any atom is 0.416 e. The molecule has 0 unspecified atom stereocenters. The van der Waals surface area contributed by atoms with Gasteiger partial charge in [0.15, 0.2) is 0 Å². The molecule has 1 saturated carbocycles. The molecule has 43 heavy (non-hydrogen) atoms. The molecule has 6 nitrogen and oxygen atoms in total. The zero-order valence-electron chi connectivity index (χ0n) is 23.5. The van der Waals surface area contributed by atoms with Gasteiger partial charge in [-0.25, -0.2) is 4.39 Å². The standard InChI is InChI=1S/C32H31ClF4N2O4/c1-41-25-9-10-29(34)21(16-25)19-39(23-5-6-23)31(40)27-18-38-13-12-26(27)20-2-7-24(8-3-20)42-14-15-43-30-11-4-22(17-28(30)33)32(35,36)37/h2-4,7-11,16-17,23,38H,5-6,12-15,18-19H2,1H3. The lowest BCUT2D eigenvalue weighted by Crippen LogP contribution is -2.39. The molecule has 0 saturated heterocycles. The van der Waals surface area contributed by atoms with Crippen LogP contribution in [-0.2, 0) is 17.5 Å². The second kappa shape index (κ2) is 13.3. The fourth-order valence-corrected chi connectivity index (χ4v) is 5.21. The lowest BCUT2D eigenvalue weighted by Gasteiger charge is -2.28. The second-order valence-corrected chi connectivity index (χ2v) is 10.8. The van der Waals surface area contributed by atoms with Gasteiger partial charge in [-0.2, -0.15) is 13.2 Å². The number of benzene rings is 3. The number of rotatable bonds is 11. The van der Waals surface area contributed by atoms with E-state index in [1.54, 1.807) is 29.2 Å². The van der Waals surface area contributed by atoms with Gasteiger partial charge in [0.25, 0.3) is 5.91 Å². The maximum absolute atomic E-state index is 14.6. The van der Waals surface area contributed by atoms with Gasteiger partial charge in [0, 0.05) is 30.3 Å². The lowest BCUT2D eigenvalue weighted by atomic mass is 9.93. The molecule has 1 N–H and O–H groups in total. The number of ether oxygens (including phenoxy) is 3. The molecule has 1 aliphatic heterocycles. The van der Waals surface area contributed by atoms with Gasteiger partial charge in [-0.1, -0.05) is 23.7 Å². The highest BCUT2D eigenvalue weighted by Crippen LogP contribution is 2.36. The Morgan fingerprint density at radius 2 is 1.72 bits per heavy atom. The Labute approximate surface area is 252 Å². The van der Waals surface area contributed by atoms with E-state index < -0.39 is 11.7 Å². The van der Waals surface area contributed by atoms with Crippen molar-refractivity contribution in [3.05, 3.63) is 93.8 Å². The van der Waals surface area contributed by atoms with Crippen LogP contribution in [0.15, 0.2) is 66.2 Å². The highest BCUT2D eigenvalue weighted by Gasteiger charge is 2.36. The predicted molar refractivity (Wildman–Crippen MR) is 155 cm³/mol. The van der Waals surface area contributed by atoms with E-state index in [0.29, 0.717) is 35.6 Å². The van der Waals surface area contributed by atoms with Crippen LogP contribution in [0.3, 0.4) is 0 Å². The van der Waals surface area contributed by atoms with Gasteiger partial charge in [0.05, 0.1) is 17.7 Å². The molecular weight excluding hydrogens is 588 g/mol. The third-order valence-corrected chi connectivity index (χ3v) is 7.69. The molecule has 0 bridgehead atoms. The summed E-state index contributed by atoms with van der Waals surface area (Å²) in [4.78, 5) is 15.6. The van der Waals surface area contributed by atoms with Gasteiger partial charge in [-0.3, -0.25) is 4.79 Å². The highest BCUT2D eigenvalue weighted by atomic mass is 35.5. The van der Waals surface area contributed by atoms with Crippen LogP contribution in [0.4, 0.5) is 17.6 Å². The summed E-state index contributed by atoms with van der Waals surface area (Å²) in [5, 5.41) is 3.16. The third-order valence-electron chi connectivity index (χ3n) is 7.39. The van der Waals surface area contributed by atoms with Crippen LogP contribution in [0.25, 0.3) is 5.57 Å². The monoisotopic (exact) mass is 618 g/mol. The van der Waals surface area contributed by atoms with Gasteiger partial charge in [0.1, 0.15) is 36.3 Å². The van der Waals surface area contributed by atoms with Crippen molar-refractivity contribution in [1.29, 1.82) is 0 Å². The maximum atomic E-state index is 14.6. The summed E-state index contributed by atoms with van der Waals surface area (Å²) in [6, 6.07) is 14.9. The second-order valence-electron chi connectivity index (χ2n) is 10.4. The summed E-state index contributed by atoms with van der Waals surface area (Å²) in [6.07, 6.45) is -2.06. The van der Waals surface area contributed by atoms with Crippen LogP contribution in [0.5, 0.6) is 17.2 Å². The first-order valence-corrected chi connectivity index (χ1v) is 14.3. The zero-order valence-corrected chi connectivity index (χ0v) is 24.2. The molecule has 5 rings (SSSR count). The topological polar surface area (TPSA) is 60.0 Å². The molecule has 3 aromatic rings. The summed E-state index contributed by atoms with van der Waals surface area (Å²) >= 11 is 5.93. The first-order valence-electron chi connectivity index (χ1n) is 13.9. The number of methoxy groups -OCH3 is 1. The Kier molecular flexibility index (Phi) is 9.46. The van der Waals surface area contributed by atoms with Crippen molar-refractivity contribution >= 4 is 23.1 Å². The van der Waals surface area contributed by atoms with Gasteiger partial charge in [0.2, 0.25) is 0 Å². The van der Waals surface area contributed by atoms with E-state index >= 15 is 0 Å². The van der Waals surface area contributed by atoms with Gasteiger partial charge >= 0.3 is 6.18 Å². The summed E-state index contributed by atoms with van der Waals surface area (Å²) in [5.74, 6) is 0.764. The summed E-state index contributed by atoms with van der Waals surface area (Å²) in [6.45, 7) is 1.52. The van der Waals surface area contributed by atoms with Crippen LogP contribution in [0.2, 0.25) is 5.02 Å². The fourth-order valence-electron chi connectivity index (χ4n) is 4.97. The SMILES string of the molecule is COc1ccc(F)c(CN(C(=O)C2=C(c3ccc(OCCOc4ccc(C(F)(F)F)cc4Cl)cc3)CCNC2)C2CC2)c1. The van der Waals surface area contributed by atoms with Crippen LogP contribution >= 0.6 is 11.6 Å². The Morgan fingerprint density at radius 3 is 2.40 bits per heavy atom. The number of halogens is 5. The number of nitrogens with one attached hydrogen (secondary N) is 1. The fraction of sp³-hybridized carbons (Fsp3) is 0.344. The molecule has 1 heterocycles. The van der Waals surface area contributed by atoms with Crippen molar-refractivity contribution in [2.24, 2.45) is 0 Å². The summed E-state index contributed by atoms with van der Waals surface area (Å²) in [7, 11) is 1.52. The smallest absolute Gasteiger partial charge is 0.416 e. The largest absolute Gasteiger partial charge is 0.497 e. The first-order chi connectivity index (χ1) is 20.6. The van der Waals surface area contributed by atoms with E-state index in [9.17, 15) is 22.4 Å². The first kappa shape index (κ1) is 30.7. The number of carbonyl (C=O) groups excluding carboxylic acids is 1. The molecule has 3 aromatic carbocycles. The number of hydrogen-bond donors (Lipinski definition) is 1. The van der Waals surface area contributed by atoms with E-state index in [1.807, 2.05) is 12.1 Å². The number of carbonyl (C=O) groups is 1. The zero-order chi connectivity index (χ0) is 30.6. The lowest BCUT2D eigenvalue weighted by molar-refractivity contribution is -0.137. The third kappa shape index (κ3) is 7.61. The van der Waals surface area contributed by atoms with E-state index in [0.717, 1.165) is 42.7 Å². The molecule has 1 amide bonds. The van der Waals surface area contributed by atoms with Crippen molar-refractivity contribution in [3.8, 4) is 17.2 Å². The normalized spacial score (nSPS) is 15.3.